The number of hydrogen-bond acceptors (Lipinski definition) is 7. The van der Waals surface area contributed by atoms with Crippen molar-refractivity contribution in [3.63, 3.8) is 0 Å². The van der Waals surface area contributed by atoms with Crippen molar-refractivity contribution in [2.24, 2.45) is 0 Å². The number of carbonyl (C=O) groups is 1. The van der Waals surface area contributed by atoms with Crippen LogP contribution in [0.15, 0.2) is 67.1 Å². The summed E-state index contributed by atoms with van der Waals surface area (Å²) in [5.41, 5.74) is 2.59. The predicted molar refractivity (Wildman–Crippen MR) is 129 cm³/mol. The first-order valence-corrected chi connectivity index (χ1v) is 11.2. The summed E-state index contributed by atoms with van der Waals surface area (Å²) < 4.78 is 5.89. The maximum absolute atomic E-state index is 11.7. The number of pyridine rings is 2. The number of nitrogens with one attached hydrogen (secondary N) is 2. The molecule has 4 rings (SSSR count). The van der Waals surface area contributed by atoms with Gasteiger partial charge in [0.05, 0.1) is 12.2 Å². The van der Waals surface area contributed by atoms with E-state index in [1.165, 1.54) is 0 Å². The van der Waals surface area contributed by atoms with Crippen LogP contribution in [-0.4, -0.2) is 53.8 Å². The van der Waals surface area contributed by atoms with Gasteiger partial charge in [0.2, 0.25) is 0 Å². The number of anilines is 3. The molecule has 8 nitrogen and oxygen atoms in total. The molecule has 1 aliphatic heterocycles. The lowest BCUT2D eigenvalue weighted by molar-refractivity contribution is -0.138. The van der Waals surface area contributed by atoms with E-state index < -0.39 is 11.9 Å². The van der Waals surface area contributed by atoms with E-state index in [0.29, 0.717) is 12.2 Å². The third kappa shape index (κ3) is 6.12. The van der Waals surface area contributed by atoms with Gasteiger partial charge in [-0.1, -0.05) is 12.1 Å². The molecule has 33 heavy (non-hydrogen) atoms. The third-order valence-electron chi connectivity index (χ3n) is 5.64. The fourth-order valence-corrected chi connectivity index (χ4v) is 3.88. The van der Waals surface area contributed by atoms with Crippen LogP contribution in [0.2, 0.25) is 0 Å². The van der Waals surface area contributed by atoms with E-state index in [2.05, 4.69) is 25.5 Å². The summed E-state index contributed by atoms with van der Waals surface area (Å²) in [6.07, 6.45) is 7.13. The van der Waals surface area contributed by atoms with E-state index in [4.69, 9.17) is 4.74 Å². The van der Waals surface area contributed by atoms with Crippen molar-refractivity contribution in [3.05, 3.63) is 72.7 Å². The van der Waals surface area contributed by atoms with E-state index >= 15 is 0 Å². The van der Waals surface area contributed by atoms with Gasteiger partial charge in [-0.2, -0.15) is 0 Å². The second-order valence-electron chi connectivity index (χ2n) is 7.92. The van der Waals surface area contributed by atoms with Crippen LogP contribution in [0.5, 0.6) is 5.75 Å². The molecule has 0 spiro atoms. The monoisotopic (exact) mass is 447 g/mol. The molecule has 172 valence electrons. The molecule has 0 saturated carbocycles. The van der Waals surface area contributed by atoms with Crippen LogP contribution < -0.4 is 20.3 Å². The van der Waals surface area contributed by atoms with Crippen LogP contribution in [0.25, 0.3) is 0 Å². The van der Waals surface area contributed by atoms with Gasteiger partial charge in [0.15, 0.2) is 0 Å². The number of unbranched alkanes of at least 4 members (excludes halogenated alkanes) is 1. The topological polar surface area (TPSA) is 99.6 Å². The fourth-order valence-electron chi connectivity index (χ4n) is 3.88. The quantitative estimate of drug-likeness (QED) is 0.381. The van der Waals surface area contributed by atoms with Gasteiger partial charge in [0, 0.05) is 50.0 Å². The molecule has 0 radical (unpaired) electrons. The van der Waals surface area contributed by atoms with E-state index in [9.17, 15) is 9.90 Å². The maximum atomic E-state index is 11.7. The van der Waals surface area contributed by atoms with Gasteiger partial charge in [-0.25, -0.2) is 4.98 Å². The molecule has 3 N–H and O–H groups in total. The van der Waals surface area contributed by atoms with Crippen LogP contribution in [0.1, 0.15) is 24.3 Å². The summed E-state index contributed by atoms with van der Waals surface area (Å²) in [4.78, 5) is 22.4. The van der Waals surface area contributed by atoms with E-state index in [0.717, 1.165) is 55.4 Å². The summed E-state index contributed by atoms with van der Waals surface area (Å²) >= 11 is 0. The van der Waals surface area contributed by atoms with Crippen LogP contribution in [0.3, 0.4) is 0 Å². The van der Waals surface area contributed by atoms with Gasteiger partial charge in [-0.05, 0) is 48.7 Å². The Hall–Kier alpha value is -3.81. The normalized spacial score (nSPS) is 13.5. The fraction of sp³-hybridized carbons (Fsp3) is 0.320. The van der Waals surface area contributed by atoms with Gasteiger partial charge in [-0.3, -0.25) is 9.78 Å². The lowest BCUT2D eigenvalue weighted by Gasteiger charge is -2.31. The molecule has 0 amide bonds. The zero-order valence-electron chi connectivity index (χ0n) is 18.5. The highest BCUT2D eigenvalue weighted by Gasteiger charge is 2.21. The number of nitrogens with zero attached hydrogens (tertiary/aromatic N) is 3. The van der Waals surface area contributed by atoms with E-state index in [1.807, 2.05) is 36.4 Å². The SMILES string of the molecule is O=C(O)C(CNc1ccc2c(c1)OCCN2CCCCNc1ccccn1)c1cccnc1. The Bertz CT molecular complexity index is 1030. The summed E-state index contributed by atoms with van der Waals surface area (Å²) in [6, 6.07) is 15.4. The molecule has 3 heterocycles. The molecule has 1 unspecified atom stereocenters. The minimum absolute atomic E-state index is 0.271. The van der Waals surface area contributed by atoms with Crippen molar-refractivity contribution in [1.82, 2.24) is 9.97 Å². The molecule has 2 aromatic heterocycles. The maximum Gasteiger partial charge on any atom is 0.312 e. The first-order valence-electron chi connectivity index (χ1n) is 11.2. The number of carboxylic acid groups (broad SMARTS) is 1. The second kappa shape index (κ2) is 11.2. The van der Waals surface area contributed by atoms with Crippen LogP contribution >= 0.6 is 0 Å². The molecule has 8 heteroatoms. The third-order valence-corrected chi connectivity index (χ3v) is 5.64. The standard InChI is InChI=1S/C25H29N5O3/c31-25(32)21(19-6-5-10-26-17-19)18-29-20-8-9-22-23(16-20)33-15-14-30(22)13-4-3-12-28-24-7-1-2-11-27-24/h1-2,5-11,16-17,21,29H,3-4,12-15,18H2,(H,27,28)(H,31,32). The van der Waals surface area contributed by atoms with E-state index in [-0.39, 0.29) is 6.54 Å². The van der Waals surface area contributed by atoms with Crippen molar-refractivity contribution < 1.29 is 14.6 Å². The summed E-state index contributed by atoms with van der Waals surface area (Å²) in [5, 5.41) is 16.2. The molecule has 3 aromatic rings. The minimum Gasteiger partial charge on any atom is -0.489 e. The Balaban J connectivity index is 1.29. The lowest BCUT2D eigenvalue weighted by atomic mass is 10.0. The second-order valence-corrected chi connectivity index (χ2v) is 7.92. The summed E-state index contributed by atoms with van der Waals surface area (Å²) in [7, 11) is 0. The van der Waals surface area contributed by atoms with Crippen molar-refractivity contribution in [2.45, 2.75) is 18.8 Å². The number of aromatic nitrogens is 2. The van der Waals surface area contributed by atoms with Crippen LogP contribution in [0.4, 0.5) is 17.2 Å². The number of benzene rings is 1. The number of ether oxygens (including phenoxy) is 1. The molecule has 0 fully saturated rings. The van der Waals surface area contributed by atoms with Crippen molar-refractivity contribution in [3.8, 4) is 5.75 Å². The predicted octanol–water partition coefficient (Wildman–Crippen LogP) is 3.85. The molecule has 1 atom stereocenters. The summed E-state index contributed by atoms with van der Waals surface area (Å²) in [5.74, 6) is 0.175. The first-order chi connectivity index (χ1) is 16.2. The number of aliphatic carboxylic acids is 1. The number of carboxylic acids is 1. The zero-order chi connectivity index (χ0) is 22.9. The molecular weight excluding hydrogens is 418 g/mol. The van der Waals surface area contributed by atoms with Gasteiger partial charge in [0.1, 0.15) is 24.1 Å². The zero-order valence-corrected chi connectivity index (χ0v) is 18.5. The van der Waals surface area contributed by atoms with Gasteiger partial charge in [0.25, 0.3) is 0 Å². The molecule has 0 saturated heterocycles. The highest BCUT2D eigenvalue weighted by Crippen LogP contribution is 2.34. The highest BCUT2D eigenvalue weighted by atomic mass is 16.5. The average Bonchev–Trinajstić information content (AvgIpc) is 2.85. The molecule has 1 aromatic carbocycles. The molecular formula is C25H29N5O3. The largest absolute Gasteiger partial charge is 0.489 e. The van der Waals surface area contributed by atoms with E-state index in [1.54, 1.807) is 30.7 Å². The lowest BCUT2D eigenvalue weighted by Crippen LogP contribution is -2.33. The van der Waals surface area contributed by atoms with Crippen molar-refractivity contribution >= 4 is 23.2 Å². The Kier molecular flexibility index (Phi) is 7.58. The Morgan fingerprint density at radius 2 is 2.06 bits per heavy atom. The molecule has 1 aliphatic rings. The minimum atomic E-state index is -0.881. The summed E-state index contributed by atoms with van der Waals surface area (Å²) in [6.45, 7) is 3.60. The number of fused-ring (bicyclic) bond motifs is 1. The number of hydrogen-bond donors (Lipinski definition) is 3. The van der Waals surface area contributed by atoms with Crippen LogP contribution in [0, 0.1) is 0 Å². The Labute approximate surface area is 193 Å². The average molecular weight is 448 g/mol. The smallest absolute Gasteiger partial charge is 0.312 e. The molecule has 0 aliphatic carbocycles. The van der Waals surface area contributed by atoms with Crippen molar-refractivity contribution in [2.75, 3.05) is 48.3 Å². The Morgan fingerprint density at radius 3 is 2.85 bits per heavy atom. The van der Waals surface area contributed by atoms with Gasteiger partial charge >= 0.3 is 5.97 Å². The number of rotatable bonds is 11. The highest BCUT2D eigenvalue weighted by molar-refractivity contribution is 5.77. The van der Waals surface area contributed by atoms with Gasteiger partial charge < -0.3 is 25.4 Å². The molecule has 0 bridgehead atoms. The van der Waals surface area contributed by atoms with Crippen molar-refractivity contribution in [1.29, 1.82) is 0 Å². The Morgan fingerprint density at radius 1 is 1.12 bits per heavy atom. The van der Waals surface area contributed by atoms with Gasteiger partial charge in [-0.15, -0.1) is 0 Å². The van der Waals surface area contributed by atoms with Crippen LogP contribution in [-0.2, 0) is 4.79 Å². The first kappa shape index (κ1) is 22.4.